The molecular formula is C22H21ClN2O. The van der Waals surface area contributed by atoms with Gasteiger partial charge >= 0.3 is 0 Å². The van der Waals surface area contributed by atoms with Crippen LogP contribution in [0.2, 0.25) is 5.02 Å². The lowest BCUT2D eigenvalue weighted by molar-refractivity contribution is -0.131. The van der Waals surface area contributed by atoms with Gasteiger partial charge in [0.25, 0.3) is 0 Å². The zero-order valence-electron chi connectivity index (χ0n) is 14.6. The normalized spacial score (nSPS) is 17.4. The third-order valence-corrected chi connectivity index (χ3v) is 5.37. The molecule has 0 aliphatic carbocycles. The summed E-state index contributed by atoms with van der Waals surface area (Å²) in [6, 6.07) is 18.0. The van der Waals surface area contributed by atoms with Crippen molar-refractivity contribution in [1.82, 2.24) is 9.88 Å². The van der Waals surface area contributed by atoms with Crippen LogP contribution in [0.3, 0.4) is 0 Å². The second-order valence-electron chi connectivity index (χ2n) is 6.94. The van der Waals surface area contributed by atoms with Gasteiger partial charge in [-0.3, -0.25) is 9.78 Å². The first-order chi connectivity index (χ1) is 12.7. The van der Waals surface area contributed by atoms with E-state index in [-0.39, 0.29) is 5.91 Å². The van der Waals surface area contributed by atoms with Crippen LogP contribution >= 0.6 is 11.6 Å². The molecule has 1 fully saturated rings. The van der Waals surface area contributed by atoms with Crippen LogP contribution in [0.5, 0.6) is 0 Å². The van der Waals surface area contributed by atoms with Gasteiger partial charge in [-0.1, -0.05) is 48.0 Å². The minimum absolute atomic E-state index is 0.179. The van der Waals surface area contributed by atoms with Crippen molar-refractivity contribution in [2.24, 2.45) is 0 Å². The van der Waals surface area contributed by atoms with Crippen LogP contribution in [0, 0.1) is 0 Å². The molecule has 1 saturated heterocycles. The molecule has 132 valence electrons. The number of halogens is 1. The molecule has 1 aliphatic rings. The fourth-order valence-corrected chi connectivity index (χ4v) is 3.78. The average molecular weight is 365 g/mol. The van der Waals surface area contributed by atoms with Crippen LogP contribution in [-0.4, -0.2) is 28.9 Å². The Kier molecular flexibility index (Phi) is 4.89. The van der Waals surface area contributed by atoms with E-state index in [0.717, 1.165) is 42.6 Å². The van der Waals surface area contributed by atoms with Crippen molar-refractivity contribution >= 4 is 28.3 Å². The van der Waals surface area contributed by atoms with E-state index in [1.807, 2.05) is 41.4 Å². The summed E-state index contributed by atoms with van der Waals surface area (Å²) in [6.45, 7) is 1.58. The number of nitrogens with zero attached hydrogens (tertiary/aromatic N) is 2. The molecule has 0 radical (unpaired) electrons. The number of rotatable bonds is 3. The molecule has 2 aromatic carbocycles. The Bertz CT molecular complexity index is 923. The number of aromatic nitrogens is 1. The van der Waals surface area contributed by atoms with Crippen LogP contribution in [0.15, 0.2) is 60.8 Å². The Labute approximate surface area is 158 Å². The highest BCUT2D eigenvalue weighted by atomic mass is 35.5. The Morgan fingerprint density at radius 1 is 1.12 bits per heavy atom. The molecule has 0 saturated carbocycles. The number of hydrogen-bond acceptors (Lipinski definition) is 2. The Morgan fingerprint density at radius 3 is 2.69 bits per heavy atom. The van der Waals surface area contributed by atoms with Crippen LogP contribution < -0.4 is 0 Å². The van der Waals surface area contributed by atoms with E-state index in [1.54, 1.807) is 0 Å². The lowest BCUT2D eigenvalue weighted by atomic mass is 9.93. The minimum atomic E-state index is 0.179. The van der Waals surface area contributed by atoms with Crippen molar-refractivity contribution < 1.29 is 4.79 Å². The van der Waals surface area contributed by atoms with Gasteiger partial charge in [0.05, 0.1) is 6.42 Å². The monoisotopic (exact) mass is 364 g/mol. The number of amides is 1. The molecule has 2 heterocycles. The van der Waals surface area contributed by atoms with E-state index in [0.29, 0.717) is 17.4 Å². The van der Waals surface area contributed by atoms with E-state index in [9.17, 15) is 4.79 Å². The van der Waals surface area contributed by atoms with Gasteiger partial charge in [-0.25, -0.2) is 0 Å². The predicted octanol–water partition coefficient (Wildman–Crippen LogP) is 4.84. The van der Waals surface area contributed by atoms with Gasteiger partial charge in [0, 0.05) is 41.3 Å². The highest BCUT2D eigenvalue weighted by Gasteiger charge is 2.25. The molecule has 0 bridgehead atoms. The van der Waals surface area contributed by atoms with E-state index in [4.69, 9.17) is 11.6 Å². The first-order valence-electron chi connectivity index (χ1n) is 9.06. The molecule has 0 unspecified atom stereocenters. The third-order valence-electron chi connectivity index (χ3n) is 5.11. The van der Waals surface area contributed by atoms with Gasteiger partial charge in [0.15, 0.2) is 0 Å². The lowest BCUT2D eigenvalue weighted by Gasteiger charge is -2.32. The van der Waals surface area contributed by atoms with Gasteiger partial charge in [-0.2, -0.15) is 0 Å². The Balaban J connectivity index is 1.47. The molecule has 1 aromatic heterocycles. The first-order valence-corrected chi connectivity index (χ1v) is 9.44. The van der Waals surface area contributed by atoms with Crippen LogP contribution in [0.4, 0.5) is 0 Å². The SMILES string of the molecule is O=C(Cc1ccc(Cl)cc1)N1CCC[C@H](c2cc3ccccc3cn2)C1. The number of pyridine rings is 1. The van der Waals surface area contributed by atoms with Crippen LogP contribution in [0.1, 0.15) is 30.0 Å². The zero-order chi connectivity index (χ0) is 17.9. The summed E-state index contributed by atoms with van der Waals surface area (Å²) in [5.74, 6) is 0.486. The van der Waals surface area contributed by atoms with Crippen LogP contribution in [0.25, 0.3) is 10.8 Å². The van der Waals surface area contributed by atoms with Gasteiger partial charge in [0.2, 0.25) is 5.91 Å². The van der Waals surface area contributed by atoms with Crippen molar-refractivity contribution in [3.05, 3.63) is 77.1 Å². The number of benzene rings is 2. The van der Waals surface area contributed by atoms with Crippen LogP contribution in [-0.2, 0) is 11.2 Å². The number of carbonyl (C=O) groups is 1. The van der Waals surface area contributed by atoms with E-state index < -0.39 is 0 Å². The Morgan fingerprint density at radius 2 is 1.88 bits per heavy atom. The topological polar surface area (TPSA) is 33.2 Å². The Hall–Kier alpha value is -2.39. The molecule has 1 amide bonds. The lowest BCUT2D eigenvalue weighted by Crippen LogP contribution is -2.40. The molecule has 1 atom stereocenters. The van der Waals surface area contributed by atoms with Crippen molar-refractivity contribution in [3.63, 3.8) is 0 Å². The maximum Gasteiger partial charge on any atom is 0.227 e. The van der Waals surface area contributed by atoms with Crippen molar-refractivity contribution in [1.29, 1.82) is 0 Å². The van der Waals surface area contributed by atoms with Crippen molar-refractivity contribution in [2.45, 2.75) is 25.2 Å². The highest BCUT2D eigenvalue weighted by Crippen LogP contribution is 2.28. The van der Waals surface area contributed by atoms with E-state index in [1.165, 1.54) is 5.39 Å². The largest absolute Gasteiger partial charge is 0.342 e. The second-order valence-corrected chi connectivity index (χ2v) is 7.37. The predicted molar refractivity (Wildman–Crippen MR) is 105 cm³/mol. The molecule has 0 spiro atoms. The zero-order valence-corrected chi connectivity index (χ0v) is 15.3. The molecule has 4 rings (SSSR count). The van der Waals surface area contributed by atoms with E-state index >= 15 is 0 Å². The second kappa shape index (κ2) is 7.46. The van der Waals surface area contributed by atoms with Gasteiger partial charge in [0.1, 0.15) is 0 Å². The summed E-state index contributed by atoms with van der Waals surface area (Å²) in [5.41, 5.74) is 2.10. The van der Waals surface area contributed by atoms with E-state index in [2.05, 4.69) is 29.2 Å². The summed E-state index contributed by atoms with van der Waals surface area (Å²) in [5, 5.41) is 3.06. The number of hydrogen-bond donors (Lipinski definition) is 0. The smallest absolute Gasteiger partial charge is 0.227 e. The number of fused-ring (bicyclic) bond motifs is 1. The fourth-order valence-electron chi connectivity index (χ4n) is 3.66. The van der Waals surface area contributed by atoms with Crippen molar-refractivity contribution in [3.8, 4) is 0 Å². The number of likely N-dealkylation sites (tertiary alicyclic amines) is 1. The van der Waals surface area contributed by atoms with Gasteiger partial charge in [-0.05, 0) is 42.0 Å². The summed E-state index contributed by atoms with van der Waals surface area (Å²) in [6.07, 6.45) is 4.47. The number of piperidine rings is 1. The maximum absolute atomic E-state index is 12.7. The molecule has 0 N–H and O–H groups in total. The maximum atomic E-state index is 12.7. The molecule has 4 heteroatoms. The van der Waals surface area contributed by atoms with Gasteiger partial charge < -0.3 is 4.90 Å². The molecular weight excluding hydrogens is 344 g/mol. The quantitative estimate of drug-likeness (QED) is 0.666. The summed E-state index contributed by atoms with van der Waals surface area (Å²) < 4.78 is 0. The summed E-state index contributed by atoms with van der Waals surface area (Å²) in [4.78, 5) is 19.4. The van der Waals surface area contributed by atoms with Gasteiger partial charge in [-0.15, -0.1) is 0 Å². The summed E-state index contributed by atoms with van der Waals surface area (Å²) >= 11 is 5.92. The molecule has 3 nitrogen and oxygen atoms in total. The first kappa shape index (κ1) is 17.0. The standard InChI is InChI=1S/C22H21ClN2O/c23-20-9-7-16(8-10-20)12-22(26)25-11-3-6-19(15-25)21-13-17-4-1-2-5-18(17)14-24-21/h1-2,4-5,7-10,13-14,19H,3,6,11-12,15H2/t19-/m0/s1. The van der Waals surface area contributed by atoms with Crippen molar-refractivity contribution in [2.75, 3.05) is 13.1 Å². The fraction of sp³-hybridized carbons (Fsp3) is 0.273. The molecule has 26 heavy (non-hydrogen) atoms. The minimum Gasteiger partial charge on any atom is -0.342 e. The average Bonchev–Trinajstić information content (AvgIpc) is 2.69. The molecule has 1 aliphatic heterocycles. The third kappa shape index (κ3) is 3.73. The summed E-state index contributed by atoms with van der Waals surface area (Å²) in [7, 11) is 0. The molecule has 3 aromatic rings. The number of carbonyl (C=O) groups excluding carboxylic acids is 1. The highest BCUT2D eigenvalue weighted by molar-refractivity contribution is 6.30.